The molecule has 3 aromatic rings. The molecule has 0 amide bonds. The number of phenolic OH excluding ortho intramolecular Hbond substituents is 1. The molecule has 2 N–H and O–H groups in total. The highest BCUT2D eigenvalue weighted by molar-refractivity contribution is 7.84. The number of rotatable bonds is 2. The van der Waals surface area contributed by atoms with Gasteiger partial charge in [-0.25, -0.2) is 8.96 Å². The topological polar surface area (TPSA) is 92.4 Å². The maximum Gasteiger partial charge on any atom is 0.365 e. The number of nitrogens with zero attached hydrogens (tertiary/aromatic N) is 2. The Morgan fingerprint density at radius 1 is 1.05 bits per heavy atom. The van der Waals surface area contributed by atoms with Gasteiger partial charge in [-0.2, -0.15) is 8.42 Å². The Morgan fingerprint density at radius 2 is 1.71 bits per heavy atom. The van der Waals surface area contributed by atoms with E-state index < -0.39 is 10.3 Å². The maximum atomic E-state index is 11.5. The van der Waals surface area contributed by atoms with Crippen LogP contribution in [0.2, 0.25) is 0 Å². The molecule has 0 unspecified atom stereocenters. The van der Waals surface area contributed by atoms with Crippen LogP contribution in [0.1, 0.15) is 5.82 Å². The minimum Gasteiger partial charge on any atom is -0.507 e. The van der Waals surface area contributed by atoms with Gasteiger partial charge in [0.2, 0.25) is 0 Å². The van der Waals surface area contributed by atoms with E-state index in [0.29, 0.717) is 16.6 Å². The van der Waals surface area contributed by atoms with Crippen LogP contribution in [0.3, 0.4) is 0 Å². The second-order valence-corrected chi connectivity index (χ2v) is 5.85. The van der Waals surface area contributed by atoms with Crippen molar-refractivity contribution in [3.05, 3.63) is 48.3 Å². The summed E-state index contributed by atoms with van der Waals surface area (Å²) in [6.45, 7) is 1.49. The maximum absolute atomic E-state index is 11.5. The zero-order chi connectivity index (χ0) is 15.2. The van der Waals surface area contributed by atoms with Crippen molar-refractivity contribution in [2.75, 3.05) is 0 Å². The zero-order valence-corrected chi connectivity index (χ0v) is 11.9. The molecule has 6 nitrogen and oxygen atoms in total. The molecule has 7 heteroatoms. The number of aryl methyl sites for hydroxylation is 1. The van der Waals surface area contributed by atoms with E-state index in [9.17, 15) is 18.1 Å². The molecule has 0 saturated heterocycles. The lowest BCUT2D eigenvalue weighted by Gasteiger charge is -2.06. The van der Waals surface area contributed by atoms with Crippen LogP contribution in [0.5, 0.6) is 5.75 Å². The van der Waals surface area contributed by atoms with Crippen molar-refractivity contribution in [3.8, 4) is 16.9 Å². The van der Waals surface area contributed by atoms with E-state index in [1.54, 1.807) is 42.5 Å². The number of hydrogen-bond donors (Lipinski definition) is 2. The Morgan fingerprint density at radius 3 is 2.38 bits per heavy atom. The number of benzene rings is 2. The first-order valence-corrected chi connectivity index (χ1v) is 7.53. The number of hydrogen-bond acceptors (Lipinski definition) is 4. The minimum atomic E-state index is -4.43. The van der Waals surface area contributed by atoms with Gasteiger partial charge < -0.3 is 5.11 Å². The van der Waals surface area contributed by atoms with Crippen molar-refractivity contribution < 1.29 is 18.1 Å². The number of imidazole rings is 1. The highest BCUT2D eigenvalue weighted by Gasteiger charge is 2.20. The number of fused-ring (bicyclic) bond motifs is 1. The van der Waals surface area contributed by atoms with Gasteiger partial charge in [0.15, 0.2) is 0 Å². The van der Waals surface area contributed by atoms with E-state index >= 15 is 0 Å². The SMILES string of the molecule is Cc1nc2c(-c3ccccc3O)cccc2n1S(=O)(=O)O. The van der Waals surface area contributed by atoms with Gasteiger partial charge in [0.1, 0.15) is 11.6 Å². The van der Waals surface area contributed by atoms with Crippen molar-refractivity contribution in [2.24, 2.45) is 0 Å². The highest BCUT2D eigenvalue weighted by atomic mass is 32.2. The molecule has 2 aromatic carbocycles. The fraction of sp³-hybridized carbons (Fsp3) is 0.0714. The van der Waals surface area contributed by atoms with Gasteiger partial charge in [-0.1, -0.05) is 30.3 Å². The Labute approximate surface area is 121 Å². The third kappa shape index (κ3) is 2.16. The first kappa shape index (κ1) is 13.6. The van der Waals surface area contributed by atoms with Gasteiger partial charge in [-0.15, -0.1) is 0 Å². The molecule has 0 bridgehead atoms. The van der Waals surface area contributed by atoms with Crippen LogP contribution in [0.15, 0.2) is 42.5 Å². The predicted octanol–water partition coefficient (Wildman–Crippen LogP) is 2.37. The van der Waals surface area contributed by atoms with E-state index in [1.807, 2.05) is 0 Å². The minimum absolute atomic E-state index is 0.0732. The molecule has 21 heavy (non-hydrogen) atoms. The molecule has 0 atom stereocenters. The first-order chi connectivity index (χ1) is 9.89. The van der Waals surface area contributed by atoms with Crippen LogP contribution in [-0.4, -0.2) is 27.0 Å². The molecule has 0 fully saturated rings. The van der Waals surface area contributed by atoms with Crippen molar-refractivity contribution >= 4 is 21.3 Å². The van der Waals surface area contributed by atoms with Crippen LogP contribution in [0.4, 0.5) is 0 Å². The normalized spacial score (nSPS) is 11.9. The van der Waals surface area contributed by atoms with E-state index in [1.165, 1.54) is 6.92 Å². The monoisotopic (exact) mass is 304 g/mol. The fourth-order valence-corrected chi connectivity index (χ4v) is 3.17. The Hall–Kier alpha value is -2.38. The van der Waals surface area contributed by atoms with E-state index in [4.69, 9.17) is 0 Å². The van der Waals surface area contributed by atoms with Crippen LogP contribution < -0.4 is 0 Å². The fourth-order valence-electron chi connectivity index (χ4n) is 2.40. The third-order valence-corrected chi connectivity index (χ3v) is 4.15. The lowest BCUT2D eigenvalue weighted by molar-refractivity contribution is 0.472. The smallest absolute Gasteiger partial charge is 0.365 e. The van der Waals surface area contributed by atoms with Gasteiger partial charge >= 0.3 is 10.3 Å². The summed E-state index contributed by atoms with van der Waals surface area (Å²) in [5.74, 6) is 0.222. The quantitative estimate of drug-likeness (QED) is 0.709. The summed E-state index contributed by atoms with van der Waals surface area (Å²) in [6.07, 6.45) is 0. The van der Waals surface area contributed by atoms with Crippen LogP contribution in [0.25, 0.3) is 22.2 Å². The molecule has 0 saturated carbocycles. The van der Waals surface area contributed by atoms with Crippen molar-refractivity contribution in [2.45, 2.75) is 6.92 Å². The second-order valence-electron chi connectivity index (χ2n) is 4.59. The summed E-state index contributed by atoms with van der Waals surface area (Å²) in [6, 6.07) is 11.6. The highest BCUT2D eigenvalue weighted by Crippen LogP contribution is 2.34. The third-order valence-electron chi connectivity index (χ3n) is 3.23. The molecule has 108 valence electrons. The first-order valence-electron chi connectivity index (χ1n) is 6.14. The predicted molar refractivity (Wildman–Crippen MR) is 78.5 cm³/mol. The average molecular weight is 304 g/mol. The molecule has 3 rings (SSSR count). The summed E-state index contributed by atoms with van der Waals surface area (Å²) in [5, 5.41) is 9.96. The van der Waals surface area contributed by atoms with Crippen molar-refractivity contribution in [3.63, 3.8) is 0 Å². The number of aromatic hydroxyl groups is 1. The Balaban J connectivity index is 2.41. The van der Waals surface area contributed by atoms with Gasteiger partial charge in [0, 0.05) is 11.1 Å². The zero-order valence-electron chi connectivity index (χ0n) is 11.1. The second kappa shape index (κ2) is 4.57. The van der Waals surface area contributed by atoms with Gasteiger partial charge in [-0.3, -0.25) is 4.55 Å². The summed E-state index contributed by atoms with van der Waals surface area (Å²) in [7, 11) is -4.43. The molecule has 1 aromatic heterocycles. The van der Waals surface area contributed by atoms with E-state index in [0.717, 1.165) is 3.97 Å². The summed E-state index contributed by atoms with van der Waals surface area (Å²) >= 11 is 0. The van der Waals surface area contributed by atoms with Crippen molar-refractivity contribution in [1.82, 2.24) is 8.96 Å². The van der Waals surface area contributed by atoms with Crippen molar-refractivity contribution in [1.29, 1.82) is 0 Å². The lowest BCUT2D eigenvalue weighted by Crippen LogP contribution is -2.12. The molecular weight excluding hydrogens is 292 g/mol. The molecule has 0 spiro atoms. The summed E-state index contributed by atoms with van der Waals surface area (Å²) in [4.78, 5) is 4.21. The van der Waals surface area contributed by atoms with Gasteiger partial charge in [0.25, 0.3) is 0 Å². The summed E-state index contributed by atoms with van der Waals surface area (Å²) < 4.78 is 33.0. The molecule has 0 aliphatic rings. The number of phenols is 1. The van der Waals surface area contributed by atoms with Crippen LogP contribution in [0, 0.1) is 6.92 Å². The van der Waals surface area contributed by atoms with E-state index in [-0.39, 0.29) is 17.1 Å². The van der Waals surface area contributed by atoms with Crippen LogP contribution in [-0.2, 0) is 10.3 Å². The molecule has 0 aliphatic heterocycles. The van der Waals surface area contributed by atoms with Crippen LogP contribution >= 0.6 is 0 Å². The summed E-state index contributed by atoms with van der Waals surface area (Å²) in [5.41, 5.74) is 1.80. The number of aromatic nitrogens is 2. The largest absolute Gasteiger partial charge is 0.507 e. The average Bonchev–Trinajstić information content (AvgIpc) is 2.75. The lowest BCUT2D eigenvalue weighted by atomic mass is 10.0. The molecule has 0 radical (unpaired) electrons. The standard InChI is InChI=1S/C14H12N2O4S/c1-9-15-14-11(10-5-2-3-8-13(10)17)6-4-7-12(14)16(9)21(18,19)20/h2-8,17H,1H3,(H,18,19,20). The van der Waals surface area contributed by atoms with E-state index in [2.05, 4.69) is 4.98 Å². The number of para-hydroxylation sites is 2. The Bertz CT molecular complexity index is 945. The Kier molecular flexibility index (Phi) is 2.96. The van der Waals surface area contributed by atoms with Gasteiger partial charge in [0.05, 0.1) is 11.0 Å². The molecular formula is C14H12N2O4S. The van der Waals surface area contributed by atoms with Gasteiger partial charge in [-0.05, 0) is 19.1 Å². The molecule has 1 heterocycles. The molecule has 0 aliphatic carbocycles.